The highest BCUT2D eigenvalue weighted by atomic mass is 16.5. The molecule has 1 unspecified atom stereocenters. The van der Waals surface area contributed by atoms with Crippen molar-refractivity contribution in [1.29, 1.82) is 0 Å². The Morgan fingerprint density at radius 2 is 2.12 bits per heavy atom. The van der Waals surface area contributed by atoms with Gasteiger partial charge in [0.05, 0.1) is 18.2 Å². The SMILES string of the molecule is COCCNC(=O)c1ccc(NC(C)c2cc3ccccc3o2)nc1. The minimum absolute atomic E-state index is 0.0405. The Balaban J connectivity index is 1.63. The standard InChI is InChI=1S/C19H21N3O3/c1-13(17-11-14-5-3-4-6-16(14)25-17)22-18-8-7-15(12-21-18)19(23)20-9-10-24-2/h3-8,11-13H,9-10H2,1-2H3,(H,20,23)(H,21,22). The lowest BCUT2D eigenvalue weighted by Crippen LogP contribution is -2.27. The van der Waals surface area contributed by atoms with Gasteiger partial charge in [-0.3, -0.25) is 4.79 Å². The van der Waals surface area contributed by atoms with Crippen molar-refractivity contribution < 1.29 is 13.9 Å². The molecule has 2 N–H and O–H groups in total. The summed E-state index contributed by atoms with van der Waals surface area (Å²) in [6.45, 7) is 2.96. The van der Waals surface area contributed by atoms with E-state index in [4.69, 9.17) is 9.15 Å². The third-order valence-electron chi connectivity index (χ3n) is 3.85. The van der Waals surface area contributed by atoms with Crippen LogP contribution in [-0.2, 0) is 4.74 Å². The lowest BCUT2D eigenvalue weighted by atomic mass is 10.2. The van der Waals surface area contributed by atoms with E-state index in [1.807, 2.05) is 37.3 Å². The number of rotatable bonds is 7. The van der Waals surface area contributed by atoms with E-state index < -0.39 is 0 Å². The first-order valence-electron chi connectivity index (χ1n) is 8.15. The van der Waals surface area contributed by atoms with Crippen molar-refractivity contribution in [3.8, 4) is 0 Å². The molecule has 3 aromatic rings. The van der Waals surface area contributed by atoms with Gasteiger partial charge in [0.25, 0.3) is 5.91 Å². The van der Waals surface area contributed by atoms with Gasteiger partial charge in [0, 0.05) is 25.2 Å². The fraction of sp³-hybridized carbons (Fsp3) is 0.263. The van der Waals surface area contributed by atoms with Crippen LogP contribution in [0.2, 0.25) is 0 Å². The molecule has 2 heterocycles. The molecule has 0 aliphatic rings. The smallest absolute Gasteiger partial charge is 0.252 e. The van der Waals surface area contributed by atoms with Crippen LogP contribution in [0.15, 0.2) is 53.1 Å². The zero-order valence-electron chi connectivity index (χ0n) is 14.3. The maximum Gasteiger partial charge on any atom is 0.252 e. The fourth-order valence-electron chi connectivity index (χ4n) is 2.49. The van der Waals surface area contributed by atoms with Crippen LogP contribution in [0, 0.1) is 0 Å². The predicted octanol–water partition coefficient (Wildman–Crippen LogP) is 3.38. The van der Waals surface area contributed by atoms with Crippen molar-refractivity contribution >= 4 is 22.7 Å². The topological polar surface area (TPSA) is 76.4 Å². The zero-order chi connectivity index (χ0) is 17.6. The van der Waals surface area contributed by atoms with E-state index in [1.165, 1.54) is 0 Å². The van der Waals surface area contributed by atoms with E-state index >= 15 is 0 Å². The summed E-state index contributed by atoms with van der Waals surface area (Å²) in [5, 5.41) is 7.11. The number of furan rings is 1. The maximum atomic E-state index is 11.9. The summed E-state index contributed by atoms with van der Waals surface area (Å²) >= 11 is 0. The second kappa shape index (κ2) is 7.81. The summed E-state index contributed by atoms with van der Waals surface area (Å²) in [5.41, 5.74) is 1.38. The highest BCUT2D eigenvalue weighted by Gasteiger charge is 2.12. The van der Waals surface area contributed by atoms with E-state index in [-0.39, 0.29) is 11.9 Å². The molecule has 6 nitrogen and oxygen atoms in total. The Morgan fingerprint density at radius 1 is 1.28 bits per heavy atom. The molecule has 0 radical (unpaired) electrons. The normalized spacial score (nSPS) is 12.1. The number of aromatic nitrogens is 1. The number of anilines is 1. The first-order valence-corrected chi connectivity index (χ1v) is 8.15. The van der Waals surface area contributed by atoms with E-state index in [2.05, 4.69) is 15.6 Å². The van der Waals surface area contributed by atoms with Gasteiger partial charge in [0.2, 0.25) is 0 Å². The summed E-state index contributed by atoms with van der Waals surface area (Å²) in [7, 11) is 1.59. The molecule has 3 rings (SSSR count). The molecule has 1 amide bonds. The number of para-hydroxylation sites is 1. The van der Waals surface area contributed by atoms with Gasteiger partial charge in [0.1, 0.15) is 17.2 Å². The summed E-state index contributed by atoms with van der Waals surface area (Å²) in [6, 6.07) is 13.4. The van der Waals surface area contributed by atoms with Crippen LogP contribution in [0.1, 0.15) is 29.1 Å². The predicted molar refractivity (Wildman–Crippen MR) is 96.7 cm³/mol. The van der Waals surface area contributed by atoms with Gasteiger partial charge in [0.15, 0.2) is 0 Å². The molecule has 0 spiro atoms. The monoisotopic (exact) mass is 339 g/mol. The van der Waals surface area contributed by atoms with Crippen LogP contribution < -0.4 is 10.6 Å². The molecule has 1 aromatic carbocycles. The van der Waals surface area contributed by atoms with Crippen LogP contribution in [0.3, 0.4) is 0 Å². The highest BCUT2D eigenvalue weighted by Crippen LogP contribution is 2.25. The lowest BCUT2D eigenvalue weighted by Gasteiger charge is -2.12. The number of ether oxygens (including phenoxy) is 1. The third-order valence-corrected chi connectivity index (χ3v) is 3.85. The van der Waals surface area contributed by atoms with Crippen molar-refractivity contribution in [2.24, 2.45) is 0 Å². The number of methoxy groups -OCH3 is 1. The molecule has 0 saturated carbocycles. The molecular formula is C19H21N3O3. The van der Waals surface area contributed by atoms with Crippen LogP contribution in [0.5, 0.6) is 0 Å². The molecular weight excluding hydrogens is 318 g/mol. The van der Waals surface area contributed by atoms with E-state index in [9.17, 15) is 4.79 Å². The van der Waals surface area contributed by atoms with Gasteiger partial charge in [-0.25, -0.2) is 4.98 Å². The van der Waals surface area contributed by atoms with Gasteiger partial charge < -0.3 is 19.8 Å². The molecule has 0 aliphatic carbocycles. The minimum atomic E-state index is -0.165. The number of carbonyl (C=O) groups is 1. The van der Waals surface area contributed by atoms with Gasteiger partial charge in [-0.15, -0.1) is 0 Å². The molecule has 1 atom stereocenters. The van der Waals surface area contributed by atoms with Crippen LogP contribution >= 0.6 is 0 Å². The Kier molecular flexibility index (Phi) is 5.30. The highest BCUT2D eigenvalue weighted by molar-refractivity contribution is 5.94. The van der Waals surface area contributed by atoms with E-state index in [1.54, 1.807) is 25.4 Å². The third kappa shape index (κ3) is 4.16. The van der Waals surface area contributed by atoms with Crippen LogP contribution in [-0.4, -0.2) is 31.2 Å². The average molecular weight is 339 g/mol. The molecule has 6 heteroatoms. The van der Waals surface area contributed by atoms with Crippen molar-refractivity contribution in [3.05, 3.63) is 60.0 Å². The molecule has 25 heavy (non-hydrogen) atoms. The van der Waals surface area contributed by atoms with Crippen molar-refractivity contribution in [2.75, 3.05) is 25.6 Å². The van der Waals surface area contributed by atoms with Crippen molar-refractivity contribution in [1.82, 2.24) is 10.3 Å². The number of amides is 1. The number of hydrogen-bond acceptors (Lipinski definition) is 5. The minimum Gasteiger partial charge on any atom is -0.459 e. The summed E-state index contributed by atoms with van der Waals surface area (Å²) in [5.74, 6) is 1.35. The van der Waals surface area contributed by atoms with Gasteiger partial charge in [-0.2, -0.15) is 0 Å². The molecule has 2 aromatic heterocycles. The number of carbonyl (C=O) groups excluding carboxylic acids is 1. The number of benzene rings is 1. The molecule has 0 fully saturated rings. The number of nitrogens with one attached hydrogen (secondary N) is 2. The Hall–Kier alpha value is -2.86. The number of pyridine rings is 1. The molecule has 130 valence electrons. The zero-order valence-corrected chi connectivity index (χ0v) is 14.3. The van der Waals surface area contributed by atoms with Crippen LogP contribution in [0.25, 0.3) is 11.0 Å². The number of hydrogen-bond donors (Lipinski definition) is 2. The first kappa shape index (κ1) is 17.0. The Labute approximate surface area is 146 Å². The summed E-state index contributed by atoms with van der Waals surface area (Å²) in [6.07, 6.45) is 1.55. The summed E-state index contributed by atoms with van der Waals surface area (Å²) < 4.78 is 10.8. The Bertz CT molecular complexity index is 810. The fourth-order valence-corrected chi connectivity index (χ4v) is 2.49. The molecule has 0 saturated heterocycles. The van der Waals surface area contributed by atoms with E-state index in [0.29, 0.717) is 24.5 Å². The second-order valence-electron chi connectivity index (χ2n) is 5.73. The lowest BCUT2D eigenvalue weighted by molar-refractivity contribution is 0.0937. The van der Waals surface area contributed by atoms with E-state index in [0.717, 1.165) is 16.7 Å². The second-order valence-corrected chi connectivity index (χ2v) is 5.73. The molecule has 0 bridgehead atoms. The maximum absolute atomic E-state index is 11.9. The average Bonchev–Trinajstić information content (AvgIpc) is 3.07. The Morgan fingerprint density at radius 3 is 2.84 bits per heavy atom. The molecule has 0 aliphatic heterocycles. The first-order chi connectivity index (χ1) is 12.2. The van der Waals surface area contributed by atoms with Crippen molar-refractivity contribution in [2.45, 2.75) is 13.0 Å². The van der Waals surface area contributed by atoms with Gasteiger partial charge in [-0.05, 0) is 31.2 Å². The number of fused-ring (bicyclic) bond motifs is 1. The largest absolute Gasteiger partial charge is 0.459 e. The quantitative estimate of drug-likeness (QED) is 0.645. The van der Waals surface area contributed by atoms with Crippen LogP contribution in [0.4, 0.5) is 5.82 Å². The summed E-state index contributed by atoms with van der Waals surface area (Å²) in [4.78, 5) is 16.2. The van der Waals surface area contributed by atoms with Crippen molar-refractivity contribution in [3.63, 3.8) is 0 Å². The van der Waals surface area contributed by atoms with Gasteiger partial charge >= 0.3 is 0 Å². The number of nitrogens with zero attached hydrogens (tertiary/aromatic N) is 1. The van der Waals surface area contributed by atoms with Gasteiger partial charge in [-0.1, -0.05) is 18.2 Å².